The topological polar surface area (TPSA) is 67.8 Å². The molecule has 2 unspecified atom stereocenters. The first-order chi connectivity index (χ1) is 8.65. The average Bonchev–Trinajstić information content (AvgIpc) is 2.94. The lowest BCUT2D eigenvalue weighted by Gasteiger charge is -2.14. The molecule has 18 heavy (non-hydrogen) atoms. The highest BCUT2D eigenvalue weighted by Gasteiger charge is 2.32. The normalized spacial score (nSPS) is 25.4. The van der Waals surface area contributed by atoms with E-state index in [0.29, 0.717) is 5.75 Å². The van der Waals surface area contributed by atoms with Gasteiger partial charge in [0.15, 0.2) is 11.5 Å². The first-order valence-electron chi connectivity index (χ1n) is 5.66. The van der Waals surface area contributed by atoms with Crippen LogP contribution in [-0.4, -0.2) is 29.7 Å². The number of nitrogens with one attached hydrogen (secondary N) is 1. The Labute approximate surface area is 108 Å². The zero-order chi connectivity index (χ0) is 12.7. The van der Waals surface area contributed by atoms with Gasteiger partial charge in [0, 0.05) is 5.75 Å². The number of rotatable bonds is 2. The molecule has 0 spiro atoms. The Balaban J connectivity index is 1.87. The summed E-state index contributed by atoms with van der Waals surface area (Å²) in [6, 6.07) is 3.39. The molecule has 96 valence electrons. The molecule has 0 aromatic heterocycles. The molecule has 3 rings (SSSR count). The van der Waals surface area contributed by atoms with Crippen LogP contribution in [0.1, 0.15) is 16.5 Å². The standard InChI is InChI=1S/C12H13NO4S/c1-6-2-9-10(17-5-16-9)3-7(6)11-13-8(4-18-11)12(14)15/h2-3,8,11,13H,4-5H2,1H3,(H,14,15). The fraction of sp³-hybridized carbons (Fsp3) is 0.417. The maximum Gasteiger partial charge on any atom is 0.321 e. The van der Waals surface area contributed by atoms with Crippen molar-refractivity contribution in [3.05, 3.63) is 23.3 Å². The van der Waals surface area contributed by atoms with E-state index in [9.17, 15) is 4.79 Å². The van der Waals surface area contributed by atoms with Crippen molar-refractivity contribution in [2.45, 2.75) is 18.3 Å². The predicted molar refractivity (Wildman–Crippen MR) is 67.1 cm³/mol. The molecule has 2 N–H and O–H groups in total. The second-order valence-electron chi connectivity index (χ2n) is 4.33. The van der Waals surface area contributed by atoms with Crippen molar-refractivity contribution in [1.82, 2.24) is 5.32 Å². The fourth-order valence-corrected chi connectivity index (χ4v) is 3.45. The molecule has 1 fully saturated rings. The molecule has 2 heterocycles. The van der Waals surface area contributed by atoms with Crippen molar-refractivity contribution >= 4 is 17.7 Å². The molecule has 6 heteroatoms. The van der Waals surface area contributed by atoms with Crippen LogP contribution < -0.4 is 14.8 Å². The molecule has 1 aromatic rings. The first kappa shape index (κ1) is 11.7. The van der Waals surface area contributed by atoms with Gasteiger partial charge in [-0.05, 0) is 30.2 Å². The Kier molecular flexibility index (Phi) is 2.83. The summed E-state index contributed by atoms with van der Waals surface area (Å²) in [6.45, 7) is 2.24. The van der Waals surface area contributed by atoms with E-state index in [1.807, 2.05) is 19.1 Å². The van der Waals surface area contributed by atoms with Crippen LogP contribution >= 0.6 is 11.8 Å². The molecule has 0 amide bonds. The fourth-order valence-electron chi connectivity index (χ4n) is 2.14. The van der Waals surface area contributed by atoms with E-state index in [0.717, 1.165) is 22.6 Å². The Morgan fingerprint density at radius 2 is 2.17 bits per heavy atom. The second-order valence-corrected chi connectivity index (χ2v) is 5.47. The number of aliphatic carboxylic acids is 1. The number of thioether (sulfide) groups is 1. The van der Waals surface area contributed by atoms with Gasteiger partial charge in [-0.25, -0.2) is 0 Å². The van der Waals surface area contributed by atoms with Crippen LogP contribution in [0.3, 0.4) is 0 Å². The number of carbonyl (C=O) groups is 1. The van der Waals surface area contributed by atoms with Gasteiger partial charge >= 0.3 is 5.97 Å². The van der Waals surface area contributed by atoms with E-state index in [1.54, 1.807) is 11.8 Å². The van der Waals surface area contributed by atoms with Gasteiger partial charge in [-0.1, -0.05) is 0 Å². The highest BCUT2D eigenvalue weighted by atomic mass is 32.2. The Hall–Kier alpha value is -1.40. The second kappa shape index (κ2) is 4.37. The van der Waals surface area contributed by atoms with Crippen molar-refractivity contribution in [3.63, 3.8) is 0 Å². The molecular weight excluding hydrogens is 254 g/mol. The lowest BCUT2D eigenvalue weighted by molar-refractivity contribution is -0.138. The van der Waals surface area contributed by atoms with Crippen LogP contribution in [0.2, 0.25) is 0 Å². The molecule has 0 bridgehead atoms. The summed E-state index contributed by atoms with van der Waals surface area (Å²) in [5.41, 5.74) is 2.14. The number of ether oxygens (including phenoxy) is 2. The minimum Gasteiger partial charge on any atom is -0.480 e. The number of carboxylic acids is 1. The van der Waals surface area contributed by atoms with Gasteiger partial charge in [-0.2, -0.15) is 0 Å². The zero-order valence-electron chi connectivity index (χ0n) is 9.80. The Bertz CT molecular complexity index is 505. The van der Waals surface area contributed by atoms with Crippen molar-refractivity contribution in [1.29, 1.82) is 0 Å². The highest BCUT2D eigenvalue weighted by molar-refractivity contribution is 7.99. The summed E-state index contributed by atoms with van der Waals surface area (Å²) < 4.78 is 10.7. The van der Waals surface area contributed by atoms with Crippen molar-refractivity contribution in [3.8, 4) is 11.5 Å². The number of fused-ring (bicyclic) bond motifs is 1. The average molecular weight is 267 g/mol. The Morgan fingerprint density at radius 3 is 2.83 bits per heavy atom. The van der Waals surface area contributed by atoms with Gasteiger partial charge < -0.3 is 14.6 Å². The third kappa shape index (κ3) is 1.91. The SMILES string of the molecule is Cc1cc2c(cc1C1NC(C(=O)O)CS1)OCO2. The minimum atomic E-state index is -0.802. The van der Waals surface area contributed by atoms with E-state index in [1.165, 1.54) is 0 Å². The minimum absolute atomic E-state index is 0.000556. The van der Waals surface area contributed by atoms with E-state index in [2.05, 4.69) is 5.32 Å². The van der Waals surface area contributed by atoms with E-state index in [4.69, 9.17) is 14.6 Å². The molecule has 5 nitrogen and oxygen atoms in total. The van der Waals surface area contributed by atoms with Crippen molar-refractivity contribution in [2.24, 2.45) is 0 Å². The molecule has 2 aliphatic heterocycles. The summed E-state index contributed by atoms with van der Waals surface area (Å²) in [5.74, 6) is 1.27. The summed E-state index contributed by atoms with van der Waals surface area (Å²) in [4.78, 5) is 10.9. The number of benzene rings is 1. The highest BCUT2D eigenvalue weighted by Crippen LogP contribution is 2.41. The van der Waals surface area contributed by atoms with Crippen molar-refractivity contribution < 1.29 is 19.4 Å². The van der Waals surface area contributed by atoms with Gasteiger partial charge in [-0.3, -0.25) is 10.1 Å². The van der Waals surface area contributed by atoms with Crippen LogP contribution in [0.25, 0.3) is 0 Å². The molecule has 1 aromatic carbocycles. The molecule has 0 aliphatic carbocycles. The molecular formula is C12H13NO4S. The van der Waals surface area contributed by atoms with E-state index < -0.39 is 12.0 Å². The number of aryl methyl sites for hydroxylation is 1. The molecule has 2 atom stereocenters. The third-order valence-electron chi connectivity index (χ3n) is 3.12. The molecule has 0 saturated carbocycles. The molecule has 2 aliphatic rings. The van der Waals surface area contributed by atoms with Gasteiger partial charge in [0.05, 0.1) is 5.37 Å². The van der Waals surface area contributed by atoms with E-state index >= 15 is 0 Å². The van der Waals surface area contributed by atoms with Crippen LogP contribution in [0, 0.1) is 6.92 Å². The molecule has 0 radical (unpaired) electrons. The lowest BCUT2D eigenvalue weighted by Crippen LogP contribution is -2.33. The summed E-state index contributed by atoms with van der Waals surface area (Å²) in [7, 11) is 0. The smallest absolute Gasteiger partial charge is 0.321 e. The maximum absolute atomic E-state index is 10.9. The van der Waals surface area contributed by atoms with Gasteiger partial charge in [0.25, 0.3) is 0 Å². The largest absolute Gasteiger partial charge is 0.480 e. The maximum atomic E-state index is 10.9. The first-order valence-corrected chi connectivity index (χ1v) is 6.70. The zero-order valence-corrected chi connectivity index (χ0v) is 10.6. The van der Waals surface area contributed by atoms with Crippen LogP contribution in [0.15, 0.2) is 12.1 Å². The lowest BCUT2D eigenvalue weighted by atomic mass is 10.1. The summed E-state index contributed by atoms with van der Waals surface area (Å²) in [6.07, 6.45) is 0. The quantitative estimate of drug-likeness (QED) is 0.846. The molecule has 1 saturated heterocycles. The van der Waals surface area contributed by atoms with Crippen LogP contribution in [-0.2, 0) is 4.79 Å². The van der Waals surface area contributed by atoms with Gasteiger partial charge in [-0.15, -0.1) is 11.8 Å². The number of hydrogen-bond donors (Lipinski definition) is 2. The Morgan fingerprint density at radius 1 is 1.44 bits per heavy atom. The van der Waals surface area contributed by atoms with E-state index in [-0.39, 0.29) is 12.2 Å². The van der Waals surface area contributed by atoms with Crippen LogP contribution in [0.5, 0.6) is 11.5 Å². The van der Waals surface area contributed by atoms with Gasteiger partial charge in [0.1, 0.15) is 6.04 Å². The number of carboxylic acid groups (broad SMARTS) is 1. The summed E-state index contributed by atoms with van der Waals surface area (Å²) >= 11 is 1.60. The summed E-state index contributed by atoms with van der Waals surface area (Å²) in [5, 5.41) is 12.1. The number of hydrogen-bond acceptors (Lipinski definition) is 5. The third-order valence-corrected chi connectivity index (χ3v) is 4.37. The van der Waals surface area contributed by atoms with Crippen molar-refractivity contribution in [2.75, 3.05) is 12.5 Å². The monoisotopic (exact) mass is 267 g/mol. The predicted octanol–water partition coefficient (Wildman–Crippen LogP) is 1.51. The van der Waals surface area contributed by atoms with Gasteiger partial charge in [0.2, 0.25) is 6.79 Å². The van der Waals surface area contributed by atoms with Crippen LogP contribution in [0.4, 0.5) is 0 Å².